The van der Waals surface area contributed by atoms with Crippen molar-refractivity contribution in [1.29, 1.82) is 0 Å². The topological polar surface area (TPSA) is 64.3 Å². The second kappa shape index (κ2) is 5.51. The van der Waals surface area contributed by atoms with E-state index >= 15 is 0 Å². The van der Waals surface area contributed by atoms with Crippen LogP contribution in [0.3, 0.4) is 0 Å². The van der Waals surface area contributed by atoms with E-state index in [1.165, 1.54) is 0 Å². The number of benzene rings is 1. The predicted molar refractivity (Wildman–Crippen MR) is 68.7 cm³/mol. The van der Waals surface area contributed by atoms with Crippen LogP contribution in [0.4, 0.5) is 0 Å². The van der Waals surface area contributed by atoms with Gasteiger partial charge in [-0.2, -0.15) is 0 Å². The van der Waals surface area contributed by atoms with Crippen molar-refractivity contribution in [3.05, 3.63) is 28.2 Å². The van der Waals surface area contributed by atoms with Crippen molar-refractivity contribution in [3.63, 3.8) is 0 Å². The third-order valence-electron chi connectivity index (χ3n) is 2.53. The van der Waals surface area contributed by atoms with Crippen LogP contribution in [-0.4, -0.2) is 18.6 Å². The lowest BCUT2D eigenvalue weighted by molar-refractivity contribution is -0.123. The molecule has 1 amide bonds. The van der Waals surface area contributed by atoms with Gasteiger partial charge in [-0.1, -0.05) is 6.07 Å². The second-order valence-electron chi connectivity index (χ2n) is 4.10. The maximum absolute atomic E-state index is 11.4. The van der Waals surface area contributed by atoms with E-state index in [0.29, 0.717) is 18.3 Å². The summed E-state index contributed by atoms with van der Waals surface area (Å²) in [5, 5.41) is 2.87. The molecule has 1 aromatic carbocycles. The zero-order valence-corrected chi connectivity index (χ0v) is 11.0. The summed E-state index contributed by atoms with van der Waals surface area (Å²) in [7, 11) is 0. The summed E-state index contributed by atoms with van der Waals surface area (Å²) < 4.78 is 6.25. The van der Waals surface area contributed by atoms with E-state index in [-0.39, 0.29) is 12.5 Å². The Morgan fingerprint density at radius 3 is 2.88 bits per heavy atom. The molecule has 2 rings (SSSR count). The normalized spacial score (nSPS) is 14.5. The first-order chi connectivity index (χ1) is 8.19. The third-order valence-corrected chi connectivity index (χ3v) is 3.15. The number of carbonyl (C=O) groups excluding carboxylic acids is 1. The Labute approximate surface area is 109 Å². The molecule has 0 aliphatic heterocycles. The van der Waals surface area contributed by atoms with Crippen molar-refractivity contribution in [1.82, 2.24) is 5.32 Å². The van der Waals surface area contributed by atoms with Gasteiger partial charge in [-0.05, 0) is 46.5 Å². The Bertz CT molecular complexity index is 419. The first-order valence-corrected chi connectivity index (χ1v) is 6.39. The predicted octanol–water partition coefficient (Wildman–Crippen LogP) is 1.57. The minimum absolute atomic E-state index is 0.0527. The molecule has 0 bridgehead atoms. The molecule has 0 saturated heterocycles. The van der Waals surface area contributed by atoms with E-state index in [1.54, 1.807) is 0 Å². The number of nitrogens with one attached hydrogen (secondary N) is 1. The Kier molecular flexibility index (Phi) is 4.02. The zero-order valence-electron chi connectivity index (χ0n) is 9.41. The SMILES string of the molecule is NCc1ccc(OCC(=O)NC2CC2)c(Br)c1. The Hall–Kier alpha value is -1.07. The number of ether oxygens (including phenoxy) is 1. The molecule has 0 atom stereocenters. The van der Waals surface area contributed by atoms with Gasteiger partial charge in [0.2, 0.25) is 0 Å². The summed E-state index contributed by atoms with van der Waals surface area (Å²) in [6.07, 6.45) is 2.17. The van der Waals surface area contributed by atoms with Crippen molar-refractivity contribution in [2.75, 3.05) is 6.61 Å². The minimum Gasteiger partial charge on any atom is -0.483 e. The lowest BCUT2D eigenvalue weighted by Crippen LogP contribution is -2.30. The van der Waals surface area contributed by atoms with Crippen molar-refractivity contribution < 1.29 is 9.53 Å². The fourth-order valence-electron chi connectivity index (χ4n) is 1.43. The molecule has 1 saturated carbocycles. The fourth-order valence-corrected chi connectivity index (χ4v) is 1.97. The monoisotopic (exact) mass is 298 g/mol. The van der Waals surface area contributed by atoms with Gasteiger partial charge in [-0.15, -0.1) is 0 Å². The van der Waals surface area contributed by atoms with Gasteiger partial charge in [-0.25, -0.2) is 0 Å². The molecule has 1 aliphatic carbocycles. The first kappa shape index (κ1) is 12.4. The van der Waals surface area contributed by atoms with Gasteiger partial charge in [0.15, 0.2) is 6.61 Å². The van der Waals surface area contributed by atoms with E-state index < -0.39 is 0 Å². The van der Waals surface area contributed by atoms with E-state index in [9.17, 15) is 4.79 Å². The molecule has 0 radical (unpaired) electrons. The molecule has 4 nitrogen and oxygen atoms in total. The molecule has 0 unspecified atom stereocenters. The van der Waals surface area contributed by atoms with E-state index in [1.807, 2.05) is 18.2 Å². The summed E-state index contributed by atoms with van der Waals surface area (Å²) in [4.78, 5) is 11.4. The van der Waals surface area contributed by atoms with E-state index in [2.05, 4.69) is 21.2 Å². The highest BCUT2D eigenvalue weighted by Gasteiger charge is 2.23. The van der Waals surface area contributed by atoms with Gasteiger partial charge >= 0.3 is 0 Å². The molecule has 0 spiro atoms. The number of halogens is 1. The van der Waals surface area contributed by atoms with Gasteiger partial charge in [-0.3, -0.25) is 4.79 Å². The van der Waals surface area contributed by atoms with Crippen LogP contribution < -0.4 is 15.8 Å². The molecule has 3 N–H and O–H groups in total. The van der Waals surface area contributed by atoms with Crippen molar-refractivity contribution in [2.45, 2.75) is 25.4 Å². The number of hydrogen-bond donors (Lipinski definition) is 2. The Morgan fingerprint density at radius 1 is 1.53 bits per heavy atom. The highest BCUT2D eigenvalue weighted by molar-refractivity contribution is 9.10. The molecule has 0 aromatic heterocycles. The molecular weight excluding hydrogens is 284 g/mol. The average molecular weight is 299 g/mol. The van der Waals surface area contributed by atoms with Crippen LogP contribution in [0.5, 0.6) is 5.75 Å². The first-order valence-electron chi connectivity index (χ1n) is 5.59. The van der Waals surface area contributed by atoms with E-state index in [0.717, 1.165) is 22.9 Å². The highest BCUT2D eigenvalue weighted by Crippen LogP contribution is 2.26. The van der Waals surface area contributed by atoms with Crippen LogP contribution in [0.25, 0.3) is 0 Å². The lowest BCUT2D eigenvalue weighted by atomic mass is 10.2. The Balaban J connectivity index is 1.87. The van der Waals surface area contributed by atoms with Gasteiger partial charge in [0, 0.05) is 12.6 Å². The van der Waals surface area contributed by atoms with Gasteiger partial charge in [0.05, 0.1) is 4.47 Å². The van der Waals surface area contributed by atoms with Crippen LogP contribution in [0.2, 0.25) is 0 Å². The summed E-state index contributed by atoms with van der Waals surface area (Å²) >= 11 is 3.39. The molecule has 92 valence electrons. The molecule has 1 fully saturated rings. The van der Waals surface area contributed by atoms with Crippen molar-refractivity contribution in [3.8, 4) is 5.75 Å². The van der Waals surface area contributed by atoms with Crippen LogP contribution in [-0.2, 0) is 11.3 Å². The zero-order chi connectivity index (χ0) is 12.3. The second-order valence-corrected chi connectivity index (χ2v) is 4.95. The summed E-state index contributed by atoms with van der Waals surface area (Å²) in [6.45, 7) is 0.540. The molecule has 0 heterocycles. The molecule has 1 aromatic rings. The lowest BCUT2D eigenvalue weighted by Gasteiger charge is -2.09. The number of amides is 1. The van der Waals surface area contributed by atoms with Crippen LogP contribution >= 0.6 is 15.9 Å². The van der Waals surface area contributed by atoms with Crippen LogP contribution in [0.1, 0.15) is 18.4 Å². The smallest absolute Gasteiger partial charge is 0.258 e. The average Bonchev–Trinajstić information content (AvgIpc) is 3.11. The fraction of sp³-hybridized carbons (Fsp3) is 0.417. The maximum atomic E-state index is 11.4. The molecular formula is C12H15BrN2O2. The molecule has 5 heteroatoms. The Morgan fingerprint density at radius 2 is 2.29 bits per heavy atom. The number of nitrogens with two attached hydrogens (primary N) is 1. The molecule has 17 heavy (non-hydrogen) atoms. The highest BCUT2D eigenvalue weighted by atomic mass is 79.9. The summed E-state index contributed by atoms with van der Waals surface area (Å²) in [5.74, 6) is 0.593. The number of rotatable bonds is 5. The third kappa shape index (κ3) is 3.71. The minimum atomic E-state index is -0.0673. The van der Waals surface area contributed by atoms with Crippen LogP contribution in [0.15, 0.2) is 22.7 Å². The largest absolute Gasteiger partial charge is 0.483 e. The molecule has 1 aliphatic rings. The van der Waals surface area contributed by atoms with E-state index in [4.69, 9.17) is 10.5 Å². The van der Waals surface area contributed by atoms with Gasteiger partial charge in [0.25, 0.3) is 5.91 Å². The standard InChI is InChI=1S/C12H15BrN2O2/c13-10-5-8(6-14)1-4-11(10)17-7-12(16)15-9-2-3-9/h1,4-5,9H,2-3,6-7,14H2,(H,15,16). The van der Waals surface area contributed by atoms with Crippen LogP contribution in [0, 0.1) is 0 Å². The van der Waals surface area contributed by atoms with Gasteiger partial charge < -0.3 is 15.8 Å². The number of carbonyl (C=O) groups is 1. The number of hydrogen-bond acceptors (Lipinski definition) is 3. The van der Waals surface area contributed by atoms with Crippen molar-refractivity contribution >= 4 is 21.8 Å². The van der Waals surface area contributed by atoms with Crippen molar-refractivity contribution in [2.24, 2.45) is 5.73 Å². The summed E-state index contributed by atoms with van der Waals surface area (Å²) in [5.41, 5.74) is 6.55. The quantitative estimate of drug-likeness (QED) is 0.867. The maximum Gasteiger partial charge on any atom is 0.258 e. The summed E-state index contributed by atoms with van der Waals surface area (Å²) in [6, 6.07) is 5.97. The van der Waals surface area contributed by atoms with Gasteiger partial charge in [0.1, 0.15) is 5.75 Å².